The van der Waals surface area contributed by atoms with Crippen molar-refractivity contribution in [3.05, 3.63) is 0 Å². The molecule has 1 heterocycles. The Bertz CT molecular complexity index is 215. The molecule has 1 amide bonds. The molecule has 1 unspecified atom stereocenters. The van der Waals surface area contributed by atoms with Crippen LogP contribution in [0.5, 0.6) is 0 Å². The summed E-state index contributed by atoms with van der Waals surface area (Å²) in [7, 11) is 0. The number of aliphatic hydroxyl groups is 1. The lowest BCUT2D eigenvalue weighted by molar-refractivity contribution is -0.134. The van der Waals surface area contributed by atoms with Crippen molar-refractivity contribution < 1.29 is 14.7 Å². The molecule has 0 bridgehead atoms. The first kappa shape index (κ1) is 10.2. The maximum absolute atomic E-state index is 11.3. The summed E-state index contributed by atoms with van der Waals surface area (Å²) in [6.07, 6.45) is 0.846. The molecule has 0 aromatic carbocycles. The second-order valence-electron chi connectivity index (χ2n) is 3.56. The highest BCUT2D eigenvalue weighted by molar-refractivity contribution is 5.96. The van der Waals surface area contributed by atoms with Crippen LogP contribution in [0.2, 0.25) is 0 Å². The maximum Gasteiger partial charge on any atom is 0.230 e. The minimum absolute atomic E-state index is 0.00184. The van der Waals surface area contributed by atoms with E-state index in [1.807, 2.05) is 0 Å². The Hall–Kier alpha value is -0.900. The number of amides is 1. The van der Waals surface area contributed by atoms with Gasteiger partial charge >= 0.3 is 0 Å². The highest BCUT2D eigenvalue weighted by Gasteiger charge is 2.25. The Balaban J connectivity index is 2.37. The fourth-order valence-corrected chi connectivity index (χ4v) is 1.53. The largest absolute Gasteiger partial charge is 0.396 e. The van der Waals surface area contributed by atoms with Crippen molar-refractivity contribution >= 4 is 11.7 Å². The molecule has 1 saturated heterocycles. The normalized spacial score (nSPS) is 22.0. The fraction of sp³-hybridized carbons (Fsp3) is 0.778. The van der Waals surface area contributed by atoms with Gasteiger partial charge in [-0.15, -0.1) is 0 Å². The summed E-state index contributed by atoms with van der Waals surface area (Å²) in [4.78, 5) is 23.7. The number of nitrogens with zero attached hydrogens (tertiary/aromatic N) is 1. The van der Waals surface area contributed by atoms with E-state index >= 15 is 0 Å². The number of Topliss-reactive ketones (excluding diaryl/α,β-unsaturated/α-hetero) is 1. The molecule has 1 N–H and O–H groups in total. The highest BCUT2D eigenvalue weighted by Crippen LogP contribution is 2.15. The van der Waals surface area contributed by atoms with Crippen LogP contribution in [0.15, 0.2) is 0 Å². The Morgan fingerprint density at radius 2 is 2.23 bits per heavy atom. The third-order valence-corrected chi connectivity index (χ3v) is 2.30. The number of likely N-dealkylation sites (tertiary alicyclic amines) is 1. The van der Waals surface area contributed by atoms with Gasteiger partial charge in [0.2, 0.25) is 5.91 Å². The van der Waals surface area contributed by atoms with Gasteiger partial charge in [0.25, 0.3) is 0 Å². The van der Waals surface area contributed by atoms with Crippen molar-refractivity contribution in [1.82, 2.24) is 4.90 Å². The van der Waals surface area contributed by atoms with Gasteiger partial charge in [0, 0.05) is 25.6 Å². The predicted octanol–water partition coefficient (Wildman–Crippen LogP) is -0.194. The molecular weight excluding hydrogens is 170 g/mol. The summed E-state index contributed by atoms with van der Waals surface area (Å²) in [6.45, 7) is 2.82. The van der Waals surface area contributed by atoms with Crippen LogP contribution in [0.3, 0.4) is 0 Å². The molecule has 0 aromatic heterocycles. The molecule has 0 spiro atoms. The number of carbonyl (C=O) groups excluding carboxylic acids is 2. The van der Waals surface area contributed by atoms with Gasteiger partial charge in [-0.3, -0.25) is 9.59 Å². The zero-order chi connectivity index (χ0) is 9.84. The summed E-state index contributed by atoms with van der Waals surface area (Å²) < 4.78 is 0. The second kappa shape index (κ2) is 4.37. The van der Waals surface area contributed by atoms with Gasteiger partial charge in [0.05, 0.1) is 6.42 Å². The van der Waals surface area contributed by atoms with Crippen molar-refractivity contribution in [3.63, 3.8) is 0 Å². The van der Waals surface area contributed by atoms with E-state index in [0.29, 0.717) is 13.1 Å². The van der Waals surface area contributed by atoms with Crippen molar-refractivity contribution in [2.75, 3.05) is 19.7 Å². The lowest BCUT2D eigenvalue weighted by atomic mass is 10.1. The minimum atomic E-state index is -0.108. The second-order valence-corrected chi connectivity index (χ2v) is 3.56. The van der Waals surface area contributed by atoms with Crippen LogP contribution in [0.25, 0.3) is 0 Å². The molecule has 1 aliphatic heterocycles. The van der Waals surface area contributed by atoms with Gasteiger partial charge in [-0.25, -0.2) is 0 Å². The molecule has 4 heteroatoms. The third-order valence-electron chi connectivity index (χ3n) is 2.30. The van der Waals surface area contributed by atoms with Crippen molar-refractivity contribution in [2.45, 2.75) is 19.8 Å². The van der Waals surface area contributed by atoms with Crippen molar-refractivity contribution in [3.8, 4) is 0 Å². The Labute approximate surface area is 77.5 Å². The number of ketones is 1. The van der Waals surface area contributed by atoms with Crippen LogP contribution in [-0.2, 0) is 9.59 Å². The molecular formula is C9H15NO3. The van der Waals surface area contributed by atoms with E-state index in [4.69, 9.17) is 5.11 Å². The monoisotopic (exact) mass is 185 g/mol. The molecule has 1 aliphatic rings. The van der Waals surface area contributed by atoms with Crippen LogP contribution in [0.4, 0.5) is 0 Å². The first-order valence-electron chi connectivity index (χ1n) is 4.51. The van der Waals surface area contributed by atoms with Gasteiger partial charge in [-0.2, -0.15) is 0 Å². The van der Waals surface area contributed by atoms with E-state index in [2.05, 4.69) is 0 Å². The summed E-state index contributed by atoms with van der Waals surface area (Å²) in [5, 5.41) is 8.84. The SMILES string of the molecule is CC(=O)CC(=O)N1CCC(CO)C1. The van der Waals surface area contributed by atoms with E-state index in [9.17, 15) is 9.59 Å². The molecule has 1 rings (SSSR count). The van der Waals surface area contributed by atoms with Crippen LogP contribution in [0.1, 0.15) is 19.8 Å². The van der Waals surface area contributed by atoms with E-state index in [1.165, 1.54) is 6.92 Å². The van der Waals surface area contributed by atoms with E-state index in [0.717, 1.165) is 6.42 Å². The number of carbonyl (C=O) groups is 2. The molecule has 0 aliphatic carbocycles. The maximum atomic E-state index is 11.3. The summed E-state index contributed by atoms with van der Waals surface area (Å²) in [5.74, 6) is -0.00296. The average molecular weight is 185 g/mol. The van der Waals surface area contributed by atoms with Gasteiger partial charge in [-0.1, -0.05) is 0 Å². The standard InChI is InChI=1S/C9H15NO3/c1-7(12)4-9(13)10-3-2-8(5-10)6-11/h8,11H,2-6H2,1H3. The highest BCUT2D eigenvalue weighted by atomic mass is 16.3. The lowest BCUT2D eigenvalue weighted by Gasteiger charge is -2.14. The van der Waals surface area contributed by atoms with E-state index in [1.54, 1.807) is 4.90 Å². The van der Waals surface area contributed by atoms with Gasteiger partial charge in [0.15, 0.2) is 0 Å². The number of hydrogen-bond donors (Lipinski definition) is 1. The number of rotatable bonds is 3. The van der Waals surface area contributed by atoms with Crippen LogP contribution in [-0.4, -0.2) is 41.4 Å². The molecule has 0 radical (unpaired) electrons. The first-order valence-corrected chi connectivity index (χ1v) is 4.51. The van der Waals surface area contributed by atoms with Gasteiger partial charge in [0.1, 0.15) is 5.78 Å². The molecule has 1 fully saturated rings. The van der Waals surface area contributed by atoms with Crippen molar-refractivity contribution in [2.24, 2.45) is 5.92 Å². The molecule has 1 atom stereocenters. The summed E-state index contributed by atoms with van der Waals surface area (Å²) in [5.41, 5.74) is 0. The predicted molar refractivity (Wildman–Crippen MR) is 47.1 cm³/mol. The molecule has 0 aromatic rings. The van der Waals surface area contributed by atoms with Crippen LogP contribution >= 0.6 is 0 Å². The average Bonchev–Trinajstić information content (AvgIpc) is 2.50. The summed E-state index contributed by atoms with van der Waals surface area (Å²) in [6, 6.07) is 0. The zero-order valence-electron chi connectivity index (χ0n) is 7.82. The molecule has 13 heavy (non-hydrogen) atoms. The Morgan fingerprint density at radius 1 is 1.54 bits per heavy atom. The third kappa shape index (κ3) is 2.81. The number of aliphatic hydroxyl groups excluding tert-OH is 1. The molecule has 0 saturated carbocycles. The van der Waals surface area contributed by atoms with Crippen LogP contribution in [0, 0.1) is 5.92 Å². The van der Waals surface area contributed by atoms with E-state index in [-0.39, 0.29) is 30.6 Å². The Morgan fingerprint density at radius 3 is 2.69 bits per heavy atom. The smallest absolute Gasteiger partial charge is 0.230 e. The number of hydrogen-bond acceptors (Lipinski definition) is 3. The van der Waals surface area contributed by atoms with Gasteiger partial charge < -0.3 is 10.0 Å². The molecule has 4 nitrogen and oxygen atoms in total. The minimum Gasteiger partial charge on any atom is -0.396 e. The van der Waals surface area contributed by atoms with E-state index < -0.39 is 0 Å². The van der Waals surface area contributed by atoms with Crippen molar-refractivity contribution in [1.29, 1.82) is 0 Å². The summed E-state index contributed by atoms with van der Waals surface area (Å²) >= 11 is 0. The van der Waals surface area contributed by atoms with Crippen LogP contribution < -0.4 is 0 Å². The molecule has 74 valence electrons. The topological polar surface area (TPSA) is 57.6 Å². The first-order chi connectivity index (χ1) is 6.13. The lowest BCUT2D eigenvalue weighted by Crippen LogP contribution is -2.30. The Kier molecular flexibility index (Phi) is 3.42. The quantitative estimate of drug-likeness (QED) is 0.620. The zero-order valence-corrected chi connectivity index (χ0v) is 7.82. The fourth-order valence-electron chi connectivity index (χ4n) is 1.53. The van der Waals surface area contributed by atoms with Gasteiger partial charge in [-0.05, 0) is 13.3 Å².